The summed E-state index contributed by atoms with van der Waals surface area (Å²) in [7, 11) is 0. The minimum Gasteiger partial charge on any atom is -0.508 e. The smallest absolute Gasteiger partial charge is 0.262 e. The summed E-state index contributed by atoms with van der Waals surface area (Å²) in [5.74, 6) is -1.21. The van der Waals surface area contributed by atoms with Crippen LogP contribution in [-0.4, -0.2) is 21.5 Å². The minimum atomic E-state index is -0.548. The van der Waals surface area contributed by atoms with E-state index in [1.165, 1.54) is 6.07 Å². The highest BCUT2D eigenvalue weighted by molar-refractivity contribution is 6.31. The van der Waals surface area contributed by atoms with E-state index in [0.29, 0.717) is 39.2 Å². The number of nitrogens with zero attached hydrogens (tertiary/aromatic N) is 1. The Morgan fingerprint density at radius 2 is 1.96 bits per heavy atom. The number of amides is 1. The molecule has 5 nitrogen and oxygen atoms in total. The summed E-state index contributed by atoms with van der Waals surface area (Å²) in [6, 6.07) is 11.4. The van der Waals surface area contributed by atoms with E-state index in [1.54, 1.807) is 47.9 Å². The molecule has 0 aliphatic heterocycles. The molecule has 0 radical (unpaired) electrons. The molecule has 0 saturated heterocycles. The van der Waals surface area contributed by atoms with E-state index < -0.39 is 11.8 Å². The molecule has 0 saturated carbocycles. The number of rotatable bonds is 4. The summed E-state index contributed by atoms with van der Waals surface area (Å²) in [4.78, 5) is 25.1. The second kappa shape index (κ2) is 6.84. The van der Waals surface area contributed by atoms with Crippen molar-refractivity contribution in [1.29, 1.82) is 0 Å². The normalized spacial score (nSPS) is 12.3. The number of hydrogen-bond acceptors (Lipinski definition) is 3. The molecule has 3 aromatic rings. The molecule has 3 N–H and O–H groups in total. The van der Waals surface area contributed by atoms with Crippen molar-refractivity contribution in [3.8, 4) is 5.75 Å². The fourth-order valence-electron chi connectivity index (χ4n) is 3.43. The van der Waals surface area contributed by atoms with Gasteiger partial charge in [0.05, 0.1) is 11.4 Å². The molecule has 26 heavy (non-hydrogen) atoms. The van der Waals surface area contributed by atoms with Gasteiger partial charge in [-0.05, 0) is 55.3 Å². The van der Waals surface area contributed by atoms with Gasteiger partial charge in [-0.3, -0.25) is 14.2 Å². The summed E-state index contributed by atoms with van der Waals surface area (Å²) < 4.78 is 1.54. The second-order valence-electron chi connectivity index (χ2n) is 6.21. The minimum absolute atomic E-state index is 0.0606. The lowest BCUT2D eigenvalue weighted by atomic mass is 9.93. The molecule has 1 amide bonds. The maximum atomic E-state index is 13.1. The summed E-state index contributed by atoms with van der Waals surface area (Å²) in [6.07, 6.45) is 0.496. The second-order valence-corrected chi connectivity index (χ2v) is 6.65. The third-order valence-corrected chi connectivity index (χ3v) is 4.85. The number of aromatic hydroxyl groups is 1. The number of phenolic OH excluding ortho intramolecular Hbond substituents is 1. The molecule has 0 aliphatic rings. The van der Waals surface area contributed by atoms with Crippen LogP contribution in [0.15, 0.2) is 42.5 Å². The molecule has 0 spiro atoms. The maximum Gasteiger partial charge on any atom is 0.262 e. The molecule has 1 unspecified atom stereocenters. The third kappa shape index (κ3) is 2.95. The lowest BCUT2D eigenvalue weighted by Crippen LogP contribution is -2.22. The lowest BCUT2D eigenvalue weighted by molar-refractivity contribution is -0.119. The number of nitrogens with two attached hydrogens (primary N) is 1. The largest absolute Gasteiger partial charge is 0.508 e. The van der Waals surface area contributed by atoms with Crippen LogP contribution in [0, 0.1) is 6.92 Å². The Morgan fingerprint density at radius 3 is 2.58 bits per heavy atom. The van der Waals surface area contributed by atoms with Crippen LogP contribution in [0.4, 0.5) is 0 Å². The van der Waals surface area contributed by atoms with Crippen LogP contribution in [0.2, 0.25) is 5.02 Å². The zero-order valence-electron chi connectivity index (χ0n) is 14.5. The molecular formula is C20H19ClN2O3. The van der Waals surface area contributed by atoms with E-state index in [0.717, 1.165) is 0 Å². The van der Waals surface area contributed by atoms with Gasteiger partial charge in [-0.25, -0.2) is 0 Å². The van der Waals surface area contributed by atoms with Crippen LogP contribution in [0.5, 0.6) is 5.75 Å². The highest BCUT2D eigenvalue weighted by atomic mass is 35.5. The molecule has 2 aromatic carbocycles. The van der Waals surface area contributed by atoms with Crippen LogP contribution in [0.25, 0.3) is 10.9 Å². The number of phenols is 1. The number of hydrogen-bond donors (Lipinski definition) is 2. The van der Waals surface area contributed by atoms with Gasteiger partial charge in [-0.15, -0.1) is 0 Å². The number of halogens is 1. The molecule has 134 valence electrons. The number of aromatic nitrogens is 1. The quantitative estimate of drug-likeness (QED) is 0.728. The Labute approximate surface area is 156 Å². The van der Waals surface area contributed by atoms with Crippen molar-refractivity contribution in [2.45, 2.75) is 26.2 Å². The number of fused-ring (bicyclic) bond motifs is 1. The van der Waals surface area contributed by atoms with E-state index in [1.807, 2.05) is 6.92 Å². The van der Waals surface area contributed by atoms with Gasteiger partial charge in [0.1, 0.15) is 5.75 Å². The summed E-state index contributed by atoms with van der Waals surface area (Å²) in [5, 5.41) is 11.0. The first kappa shape index (κ1) is 18.0. The van der Waals surface area contributed by atoms with Gasteiger partial charge < -0.3 is 10.8 Å². The summed E-state index contributed by atoms with van der Waals surface area (Å²) in [6.45, 7) is 3.64. The first-order chi connectivity index (χ1) is 12.3. The fourth-order valence-corrected chi connectivity index (χ4v) is 3.62. The van der Waals surface area contributed by atoms with Crippen LogP contribution in [0.3, 0.4) is 0 Å². The number of carbonyl (C=O) groups excluding carboxylic acids is 2. The van der Waals surface area contributed by atoms with Gasteiger partial charge in [-0.2, -0.15) is 0 Å². The van der Waals surface area contributed by atoms with Crippen LogP contribution in [0.1, 0.15) is 40.9 Å². The van der Waals surface area contributed by atoms with E-state index in [-0.39, 0.29) is 11.7 Å². The first-order valence-electron chi connectivity index (χ1n) is 8.28. The Hall–Kier alpha value is -2.79. The van der Waals surface area contributed by atoms with Gasteiger partial charge in [0.25, 0.3) is 5.91 Å². The standard InChI is InChI=1S/C20H19ClN2O3/c1-3-15(19(22)25)18-11(2)23(17-8-7-14(24)10-16(17)18)20(26)12-5-4-6-13(21)9-12/h4-10,15,24H,3H2,1-2H3,(H2,22,25). The van der Waals surface area contributed by atoms with Crippen molar-refractivity contribution in [3.05, 3.63) is 64.3 Å². The van der Waals surface area contributed by atoms with Crippen LogP contribution < -0.4 is 5.73 Å². The highest BCUT2D eigenvalue weighted by Crippen LogP contribution is 2.36. The lowest BCUT2D eigenvalue weighted by Gasteiger charge is -2.12. The average molecular weight is 371 g/mol. The monoisotopic (exact) mass is 370 g/mol. The van der Waals surface area contributed by atoms with Crippen LogP contribution >= 0.6 is 11.6 Å². The molecule has 1 atom stereocenters. The SMILES string of the molecule is CCC(C(N)=O)c1c(C)n(C(=O)c2cccc(Cl)c2)c2ccc(O)cc12. The zero-order valence-corrected chi connectivity index (χ0v) is 15.2. The van der Waals surface area contributed by atoms with Gasteiger partial charge in [0.2, 0.25) is 5.91 Å². The topological polar surface area (TPSA) is 85.3 Å². The predicted octanol–water partition coefficient (Wildman–Crippen LogP) is 3.98. The van der Waals surface area contributed by atoms with Gasteiger partial charge in [0.15, 0.2) is 0 Å². The summed E-state index contributed by atoms with van der Waals surface area (Å²) in [5.41, 5.74) is 7.92. The molecule has 6 heteroatoms. The molecule has 3 rings (SSSR count). The number of primary amides is 1. The number of carbonyl (C=O) groups is 2. The van der Waals surface area contributed by atoms with Crippen molar-refractivity contribution in [3.63, 3.8) is 0 Å². The van der Waals surface area contributed by atoms with E-state index >= 15 is 0 Å². The van der Waals surface area contributed by atoms with Crippen molar-refractivity contribution in [2.24, 2.45) is 5.73 Å². The number of benzene rings is 2. The van der Waals surface area contributed by atoms with E-state index in [9.17, 15) is 14.7 Å². The van der Waals surface area contributed by atoms with Gasteiger partial charge >= 0.3 is 0 Å². The Balaban J connectivity index is 2.31. The third-order valence-electron chi connectivity index (χ3n) is 4.61. The van der Waals surface area contributed by atoms with Crippen molar-refractivity contribution in [1.82, 2.24) is 4.57 Å². The summed E-state index contributed by atoms with van der Waals surface area (Å²) >= 11 is 6.02. The van der Waals surface area contributed by atoms with Crippen LogP contribution in [-0.2, 0) is 4.79 Å². The fraction of sp³-hybridized carbons (Fsp3) is 0.200. The molecule has 1 heterocycles. The van der Waals surface area contributed by atoms with Gasteiger partial charge in [0, 0.05) is 21.7 Å². The molecule has 0 bridgehead atoms. The molecular weight excluding hydrogens is 352 g/mol. The first-order valence-corrected chi connectivity index (χ1v) is 8.66. The molecule has 0 aliphatic carbocycles. The van der Waals surface area contributed by atoms with E-state index in [4.69, 9.17) is 17.3 Å². The Morgan fingerprint density at radius 1 is 1.23 bits per heavy atom. The highest BCUT2D eigenvalue weighted by Gasteiger charge is 2.27. The Bertz CT molecular complexity index is 1020. The van der Waals surface area contributed by atoms with E-state index in [2.05, 4.69) is 0 Å². The van der Waals surface area contributed by atoms with Gasteiger partial charge in [-0.1, -0.05) is 24.6 Å². The average Bonchev–Trinajstić information content (AvgIpc) is 2.87. The molecule has 0 fully saturated rings. The maximum absolute atomic E-state index is 13.1. The Kier molecular flexibility index (Phi) is 4.74. The van der Waals surface area contributed by atoms with Crippen molar-refractivity contribution in [2.75, 3.05) is 0 Å². The van der Waals surface area contributed by atoms with Crippen molar-refractivity contribution >= 4 is 34.3 Å². The zero-order chi connectivity index (χ0) is 19.0. The van der Waals surface area contributed by atoms with Crippen molar-refractivity contribution < 1.29 is 14.7 Å². The molecule has 1 aromatic heterocycles. The predicted molar refractivity (Wildman–Crippen MR) is 102 cm³/mol.